The van der Waals surface area contributed by atoms with Gasteiger partial charge < -0.3 is 15.3 Å². The second kappa shape index (κ2) is 5.67. The number of nitrogens with one attached hydrogen (secondary N) is 1. The van der Waals surface area contributed by atoms with E-state index in [1.54, 1.807) is 18.2 Å². The van der Waals surface area contributed by atoms with Crippen LogP contribution in [0.5, 0.6) is 0 Å². The minimum atomic E-state index is -1.00. The molecule has 1 aliphatic rings. The summed E-state index contributed by atoms with van der Waals surface area (Å²) in [7, 11) is 0. The Bertz CT molecular complexity index is 501. The van der Waals surface area contributed by atoms with Gasteiger partial charge in [-0.05, 0) is 25.0 Å². The van der Waals surface area contributed by atoms with Crippen molar-refractivity contribution in [1.82, 2.24) is 4.90 Å². The Morgan fingerprint density at radius 3 is 2.53 bits per heavy atom. The Balaban J connectivity index is 2.15. The monoisotopic (exact) mass is 302 g/mol. The summed E-state index contributed by atoms with van der Waals surface area (Å²) in [6.45, 7) is 0.408. The Labute approximate surface area is 120 Å². The first-order valence-corrected chi connectivity index (χ1v) is 6.50. The SMILES string of the molecule is O=C(O)[C@@H]1CCCN1C(=O)Nc1c(Cl)cccc1Cl. The average molecular weight is 303 g/mol. The quantitative estimate of drug-likeness (QED) is 0.882. The lowest BCUT2D eigenvalue weighted by molar-refractivity contribution is -0.141. The van der Waals surface area contributed by atoms with Gasteiger partial charge in [0.15, 0.2) is 0 Å². The summed E-state index contributed by atoms with van der Waals surface area (Å²) in [5, 5.41) is 12.2. The highest BCUT2D eigenvalue weighted by Crippen LogP contribution is 2.30. The van der Waals surface area contributed by atoms with Crippen LogP contribution in [0.3, 0.4) is 0 Å². The van der Waals surface area contributed by atoms with Crippen molar-refractivity contribution in [1.29, 1.82) is 0 Å². The molecule has 7 heteroatoms. The van der Waals surface area contributed by atoms with Gasteiger partial charge in [-0.2, -0.15) is 0 Å². The van der Waals surface area contributed by atoms with Crippen molar-refractivity contribution in [2.75, 3.05) is 11.9 Å². The van der Waals surface area contributed by atoms with E-state index in [4.69, 9.17) is 28.3 Å². The van der Waals surface area contributed by atoms with Gasteiger partial charge in [0.25, 0.3) is 0 Å². The van der Waals surface area contributed by atoms with Crippen LogP contribution in [0.1, 0.15) is 12.8 Å². The fourth-order valence-electron chi connectivity index (χ4n) is 2.06. The fourth-order valence-corrected chi connectivity index (χ4v) is 2.55. The van der Waals surface area contributed by atoms with Crippen LogP contribution in [0.15, 0.2) is 18.2 Å². The van der Waals surface area contributed by atoms with Gasteiger partial charge >= 0.3 is 12.0 Å². The second-order valence-corrected chi connectivity index (χ2v) is 5.03. The van der Waals surface area contributed by atoms with Crippen LogP contribution >= 0.6 is 23.2 Å². The number of carboxylic acid groups (broad SMARTS) is 1. The maximum atomic E-state index is 12.1. The Hall–Kier alpha value is -1.46. The standard InChI is InChI=1S/C12H12Cl2N2O3/c13-7-3-1-4-8(14)10(7)15-12(19)16-6-2-5-9(16)11(17)18/h1,3-4,9H,2,5-6H2,(H,15,19)(H,17,18)/t9-/m0/s1. The van der Waals surface area contributed by atoms with E-state index in [-0.39, 0.29) is 0 Å². The molecule has 19 heavy (non-hydrogen) atoms. The van der Waals surface area contributed by atoms with Crippen molar-refractivity contribution in [3.8, 4) is 0 Å². The van der Waals surface area contributed by atoms with Gasteiger partial charge in [-0.1, -0.05) is 29.3 Å². The molecule has 1 aromatic carbocycles. The molecule has 1 aromatic rings. The number of rotatable bonds is 2. The molecular weight excluding hydrogens is 291 g/mol. The summed E-state index contributed by atoms with van der Waals surface area (Å²) in [5.41, 5.74) is 0.298. The molecule has 0 spiro atoms. The highest BCUT2D eigenvalue weighted by atomic mass is 35.5. The Morgan fingerprint density at radius 2 is 1.95 bits per heavy atom. The second-order valence-electron chi connectivity index (χ2n) is 4.22. The van der Waals surface area contributed by atoms with Crippen LogP contribution in [0.25, 0.3) is 0 Å². The number of carbonyl (C=O) groups excluding carboxylic acids is 1. The van der Waals surface area contributed by atoms with E-state index in [9.17, 15) is 9.59 Å². The predicted octanol–water partition coefficient (Wildman–Crippen LogP) is 3.07. The van der Waals surface area contributed by atoms with Crippen molar-refractivity contribution in [3.05, 3.63) is 28.2 Å². The van der Waals surface area contributed by atoms with Gasteiger partial charge in [0.1, 0.15) is 6.04 Å². The van der Waals surface area contributed by atoms with Gasteiger partial charge in [0.2, 0.25) is 0 Å². The molecule has 1 heterocycles. The third kappa shape index (κ3) is 2.93. The normalized spacial score (nSPS) is 18.4. The molecule has 0 bridgehead atoms. The van der Waals surface area contributed by atoms with E-state index in [0.29, 0.717) is 35.1 Å². The van der Waals surface area contributed by atoms with E-state index in [1.807, 2.05) is 0 Å². The minimum Gasteiger partial charge on any atom is -0.480 e. The van der Waals surface area contributed by atoms with Crippen molar-refractivity contribution in [2.45, 2.75) is 18.9 Å². The minimum absolute atomic E-state index is 0.298. The van der Waals surface area contributed by atoms with Crippen molar-refractivity contribution >= 4 is 40.9 Å². The lowest BCUT2D eigenvalue weighted by atomic mass is 10.2. The number of urea groups is 1. The number of aliphatic carboxylic acids is 1. The largest absolute Gasteiger partial charge is 0.480 e. The summed E-state index contributed by atoms with van der Waals surface area (Å²) in [6, 6.07) is 3.57. The van der Waals surface area contributed by atoms with Crippen LogP contribution < -0.4 is 5.32 Å². The molecule has 5 nitrogen and oxygen atoms in total. The lowest BCUT2D eigenvalue weighted by Crippen LogP contribution is -2.42. The zero-order chi connectivity index (χ0) is 14.0. The zero-order valence-corrected chi connectivity index (χ0v) is 11.4. The molecule has 0 aliphatic carbocycles. The first kappa shape index (κ1) is 14.0. The molecule has 2 rings (SSSR count). The zero-order valence-electron chi connectivity index (χ0n) is 9.90. The third-order valence-corrected chi connectivity index (χ3v) is 3.62. The number of hydrogen-bond acceptors (Lipinski definition) is 2. The van der Waals surface area contributed by atoms with Crippen molar-refractivity contribution in [2.24, 2.45) is 0 Å². The number of carbonyl (C=O) groups is 2. The van der Waals surface area contributed by atoms with Crippen molar-refractivity contribution in [3.63, 3.8) is 0 Å². The van der Waals surface area contributed by atoms with Gasteiger partial charge in [0.05, 0.1) is 15.7 Å². The number of nitrogens with zero attached hydrogens (tertiary/aromatic N) is 1. The number of anilines is 1. The third-order valence-electron chi connectivity index (χ3n) is 2.99. The molecule has 1 fully saturated rings. The van der Waals surface area contributed by atoms with E-state index < -0.39 is 18.0 Å². The molecule has 0 saturated carbocycles. The van der Waals surface area contributed by atoms with Crippen LogP contribution in [0.2, 0.25) is 10.0 Å². The van der Waals surface area contributed by atoms with Crippen LogP contribution in [-0.2, 0) is 4.79 Å². The molecule has 0 unspecified atom stereocenters. The predicted molar refractivity (Wildman–Crippen MR) is 72.8 cm³/mol. The maximum absolute atomic E-state index is 12.1. The number of benzene rings is 1. The van der Waals surface area contributed by atoms with E-state index >= 15 is 0 Å². The Kier molecular flexibility index (Phi) is 4.17. The molecule has 2 amide bonds. The number of amides is 2. The van der Waals surface area contributed by atoms with Crippen molar-refractivity contribution < 1.29 is 14.7 Å². The molecule has 1 saturated heterocycles. The van der Waals surface area contributed by atoms with E-state index in [2.05, 4.69) is 5.32 Å². The molecule has 0 aromatic heterocycles. The smallest absolute Gasteiger partial charge is 0.326 e. The molecule has 0 radical (unpaired) electrons. The fraction of sp³-hybridized carbons (Fsp3) is 0.333. The van der Waals surface area contributed by atoms with Gasteiger partial charge in [-0.15, -0.1) is 0 Å². The first-order chi connectivity index (χ1) is 9.00. The highest BCUT2D eigenvalue weighted by Gasteiger charge is 2.34. The average Bonchev–Trinajstić information content (AvgIpc) is 2.83. The van der Waals surface area contributed by atoms with E-state index in [0.717, 1.165) is 0 Å². The molecule has 1 aliphatic heterocycles. The van der Waals surface area contributed by atoms with Crippen LogP contribution in [-0.4, -0.2) is 34.6 Å². The molecule has 2 N–H and O–H groups in total. The summed E-state index contributed by atoms with van der Waals surface area (Å²) < 4.78 is 0. The van der Waals surface area contributed by atoms with Crippen LogP contribution in [0, 0.1) is 0 Å². The first-order valence-electron chi connectivity index (χ1n) is 5.75. The molecule has 1 atom stereocenters. The van der Waals surface area contributed by atoms with Crippen LogP contribution in [0.4, 0.5) is 10.5 Å². The number of likely N-dealkylation sites (tertiary alicyclic amines) is 1. The number of halogens is 2. The number of para-hydroxylation sites is 1. The summed E-state index contributed by atoms with van der Waals surface area (Å²) >= 11 is 11.9. The van der Waals surface area contributed by atoms with Gasteiger partial charge in [0, 0.05) is 6.54 Å². The Morgan fingerprint density at radius 1 is 1.32 bits per heavy atom. The number of carboxylic acids is 1. The summed E-state index contributed by atoms with van der Waals surface area (Å²) in [5.74, 6) is -1.00. The summed E-state index contributed by atoms with van der Waals surface area (Å²) in [4.78, 5) is 24.4. The van der Waals surface area contributed by atoms with E-state index in [1.165, 1.54) is 4.90 Å². The maximum Gasteiger partial charge on any atom is 0.326 e. The molecule has 102 valence electrons. The molecular formula is C12H12Cl2N2O3. The topological polar surface area (TPSA) is 69.6 Å². The van der Waals surface area contributed by atoms with Gasteiger partial charge in [-0.25, -0.2) is 9.59 Å². The number of hydrogen-bond donors (Lipinski definition) is 2. The lowest BCUT2D eigenvalue weighted by Gasteiger charge is -2.22. The highest BCUT2D eigenvalue weighted by molar-refractivity contribution is 6.39. The van der Waals surface area contributed by atoms with Gasteiger partial charge in [-0.3, -0.25) is 0 Å². The summed E-state index contributed by atoms with van der Waals surface area (Å²) in [6.07, 6.45) is 1.12.